The van der Waals surface area contributed by atoms with Crippen LogP contribution in [0.2, 0.25) is 0 Å². The molecule has 5 heteroatoms. The van der Waals surface area contributed by atoms with Crippen molar-refractivity contribution >= 4 is 17.5 Å². The van der Waals surface area contributed by atoms with Crippen LogP contribution in [0.5, 0.6) is 0 Å². The first-order valence-corrected chi connectivity index (χ1v) is 14.0. The lowest BCUT2D eigenvalue weighted by Crippen LogP contribution is -2.64. The van der Waals surface area contributed by atoms with Crippen molar-refractivity contribution in [3.8, 4) is 6.07 Å². The van der Waals surface area contributed by atoms with Gasteiger partial charge in [0.1, 0.15) is 11.9 Å². The number of nitriles is 1. The zero-order valence-electron chi connectivity index (χ0n) is 23.5. The molecular formula is C31H46N2O3. The summed E-state index contributed by atoms with van der Waals surface area (Å²) in [5.41, 5.74) is 4.91. The Morgan fingerprint density at radius 1 is 0.944 bits per heavy atom. The molecule has 4 aliphatic rings. The molecule has 0 aromatic carbocycles. The number of ketones is 2. The Bertz CT molecular complexity index is 1050. The fraction of sp³-hybridized carbons (Fsp3) is 0.806. The molecule has 0 bridgehead atoms. The van der Waals surface area contributed by atoms with Crippen LogP contribution < -0.4 is 5.73 Å². The topological polar surface area (TPSA) is 101 Å². The fourth-order valence-corrected chi connectivity index (χ4v) is 9.13. The minimum atomic E-state index is -0.588. The number of Topliss-reactive ketones (excluding diaryl/α,β-unsaturated/α-hetero) is 2. The van der Waals surface area contributed by atoms with Gasteiger partial charge >= 0.3 is 0 Å². The second-order valence-electron chi connectivity index (χ2n) is 14.6. The third kappa shape index (κ3) is 3.81. The number of hydrogen-bond donors (Lipinski definition) is 1. The van der Waals surface area contributed by atoms with Gasteiger partial charge in [-0.15, -0.1) is 0 Å². The van der Waals surface area contributed by atoms with E-state index in [4.69, 9.17) is 5.73 Å². The molecule has 0 aliphatic heterocycles. The quantitative estimate of drug-likeness (QED) is 0.471. The standard InChI is InChI=1S/C31H46N2O3/c1-19-21-9-11-31(7)24(29(21,5)17-20(18-32)25(19)35)16-23(34)22-8-10-27(2,3)12-13-28(4,26(33)36)14-15-30(22,31)6/h17,19,21-22,24H,8-16H2,1-7H3,(H2,33,36)/t19-,21-,22?,24+,28-,29-,30+,31+/m0/s1. The lowest BCUT2D eigenvalue weighted by atomic mass is 9.36. The molecule has 0 spiro atoms. The third-order valence-electron chi connectivity index (χ3n) is 12.3. The van der Waals surface area contributed by atoms with Crippen LogP contribution >= 0.6 is 0 Å². The van der Waals surface area contributed by atoms with Gasteiger partial charge in [-0.25, -0.2) is 0 Å². The second kappa shape index (κ2) is 8.53. The maximum absolute atomic E-state index is 14.1. The zero-order chi connectivity index (χ0) is 26.9. The minimum Gasteiger partial charge on any atom is -0.369 e. The number of primary amides is 1. The van der Waals surface area contributed by atoms with Gasteiger partial charge < -0.3 is 5.73 Å². The predicted molar refractivity (Wildman–Crippen MR) is 140 cm³/mol. The molecule has 36 heavy (non-hydrogen) atoms. The molecule has 1 amide bonds. The summed E-state index contributed by atoms with van der Waals surface area (Å²) in [6.45, 7) is 15.4. The highest BCUT2D eigenvalue weighted by Crippen LogP contribution is 2.71. The van der Waals surface area contributed by atoms with Crippen LogP contribution in [0, 0.1) is 62.1 Å². The van der Waals surface area contributed by atoms with Crippen LogP contribution in [-0.2, 0) is 14.4 Å². The first kappa shape index (κ1) is 27.1. The van der Waals surface area contributed by atoms with Gasteiger partial charge in [0.25, 0.3) is 0 Å². The van der Waals surface area contributed by atoms with E-state index in [1.165, 1.54) is 0 Å². The summed E-state index contributed by atoms with van der Waals surface area (Å²) in [5.74, 6) is -0.00360. The van der Waals surface area contributed by atoms with Crippen LogP contribution in [0.4, 0.5) is 0 Å². The average molecular weight is 495 g/mol. The normalized spacial score (nSPS) is 46.9. The molecule has 4 aliphatic carbocycles. The molecule has 8 atom stereocenters. The van der Waals surface area contributed by atoms with Crippen molar-refractivity contribution < 1.29 is 14.4 Å². The first-order chi connectivity index (χ1) is 16.5. The molecule has 0 heterocycles. The molecule has 1 unspecified atom stereocenters. The Kier molecular flexibility index (Phi) is 6.42. The Morgan fingerprint density at radius 3 is 2.19 bits per heavy atom. The van der Waals surface area contributed by atoms with Crippen molar-refractivity contribution in [3.63, 3.8) is 0 Å². The van der Waals surface area contributed by atoms with E-state index in [-0.39, 0.29) is 62.6 Å². The lowest BCUT2D eigenvalue weighted by Gasteiger charge is -2.67. The van der Waals surface area contributed by atoms with Gasteiger partial charge in [-0.2, -0.15) is 5.26 Å². The second-order valence-corrected chi connectivity index (χ2v) is 14.6. The van der Waals surface area contributed by atoms with Gasteiger partial charge in [0.15, 0.2) is 5.78 Å². The van der Waals surface area contributed by atoms with Crippen LogP contribution in [-0.4, -0.2) is 17.5 Å². The summed E-state index contributed by atoms with van der Waals surface area (Å²) in [6, 6.07) is 2.17. The van der Waals surface area contributed by atoms with E-state index in [1.807, 2.05) is 19.9 Å². The van der Waals surface area contributed by atoms with Gasteiger partial charge in [0, 0.05) is 23.7 Å². The molecule has 5 nitrogen and oxygen atoms in total. The van der Waals surface area contributed by atoms with Crippen molar-refractivity contribution in [2.45, 2.75) is 106 Å². The number of hydrogen-bond acceptors (Lipinski definition) is 4. The number of nitrogens with two attached hydrogens (primary N) is 1. The molecule has 198 valence electrons. The number of carbonyl (C=O) groups is 3. The van der Waals surface area contributed by atoms with Crippen LogP contribution in [0.1, 0.15) is 106 Å². The minimum absolute atomic E-state index is 0.0419. The van der Waals surface area contributed by atoms with Gasteiger partial charge in [-0.3, -0.25) is 14.4 Å². The Labute approximate surface area is 217 Å². The smallest absolute Gasteiger partial charge is 0.223 e. The third-order valence-corrected chi connectivity index (χ3v) is 12.3. The van der Waals surface area contributed by atoms with Gasteiger partial charge in [0.2, 0.25) is 5.91 Å². The average Bonchev–Trinajstić information content (AvgIpc) is 2.80. The largest absolute Gasteiger partial charge is 0.369 e. The highest BCUT2D eigenvalue weighted by Gasteiger charge is 2.67. The fourth-order valence-electron chi connectivity index (χ4n) is 9.13. The summed E-state index contributed by atoms with van der Waals surface area (Å²) >= 11 is 0. The maximum atomic E-state index is 14.1. The van der Waals surface area contributed by atoms with Crippen molar-refractivity contribution in [2.24, 2.45) is 56.5 Å². The van der Waals surface area contributed by atoms with Gasteiger partial charge in [-0.05, 0) is 84.9 Å². The highest BCUT2D eigenvalue weighted by molar-refractivity contribution is 6.01. The molecule has 3 saturated carbocycles. The van der Waals surface area contributed by atoms with E-state index in [0.29, 0.717) is 18.6 Å². The SMILES string of the molecule is C[C@@H]1C(=O)C(C#N)=C[C@]2(C)[C@H]3CC(=O)C4CCC(C)(C)CC[C@](C)(C(N)=O)CC[C@@]4(C)[C@]3(C)CC[C@@H]12. The van der Waals surface area contributed by atoms with Crippen molar-refractivity contribution in [3.05, 3.63) is 11.6 Å². The van der Waals surface area contributed by atoms with Crippen molar-refractivity contribution in [1.29, 1.82) is 5.26 Å². The molecule has 3 fully saturated rings. The maximum Gasteiger partial charge on any atom is 0.223 e. The van der Waals surface area contributed by atoms with E-state index in [1.54, 1.807) is 0 Å². The van der Waals surface area contributed by atoms with Gasteiger partial charge in [0.05, 0.1) is 5.57 Å². The molecular weight excluding hydrogens is 448 g/mol. The number of carbonyl (C=O) groups excluding carboxylic acids is 3. The lowest BCUT2D eigenvalue weighted by molar-refractivity contribution is -0.186. The molecule has 0 radical (unpaired) electrons. The molecule has 2 N–H and O–H groups in total. The molecule has 0 aromatic heterocycles. The van der Waals surface area contributed by atoms with E-state index < -0.39 is 5.41 Å². The first-order valence-electron chi connectivity index (χ1n) is 14.0. The highest BCUT2D eigenvalue weighted by atomic mass is 16.1. The van der Waals surface area contributed by atoms with E-state index in [0.717, 1.165) is 44.9 Å². The van der Waals surface area contributed by atoms with Gasteiger partial charge in [-0.1, -0.05) is 54.5 Å². The molecule has 4 rings (SSSR count). The number of nitrogens with zero attached hydrogens (tertiary/aromatic N) is 1. The Balaban J connectivity index is 1.84. The summed E-state index contributed by atoms with van der Waals surface area (Å²) in [4.78, 5) is 39.7. The summed E-state index contributed by atoms with van der Waals surface area (Å²) < 4.78 is 0. The molecule has 0 saturated heterocycles. The van der Waals surface area contributed by atoms with Crippen LogP contribution in [0.15, 0.2) is 11.6 Å². The number of rotatable bonds is 1. The number of fused-ring (bicyclic) bond motifs is 5. The Morgan fingerprint density at radius 2 is 1.58 bits per heavy atom. The van der Waals surface area contributed by atoms with Crippen LogP contribution in [0.25, 0.3) is 0 Å². The van der Waals surface area contributed by atoms with E-state index >= 15 is 0 Å². The number of allylic oxidation sites excluding steroid dienone is 2. The molecule has 0 aromatic rings. The Hall–Kier alpha value is -1.96. The van der Waals surface area contributed by atoms with Crippen LogP contribution in [0.3, 0.4) is 0 Å². The van der Waals surface area contributed by atoms with E-state index in [2.05, 4.69) is 40.7 Å². The monoisotopic (exact) mass is 494 g/mol. The summed E-state index contributed by atoms with van der Waals surface area (Å²) in [5, 5.41) is 9.77. The summed E-state index contributed by atoms with van der Waals surface area (Å²) in [6.07, 6.45) is 9.35. The van der Waals surface area contributed by atoms with Crippen molar-refractivity contribution in [1.82, 2.24) is 0 Å². The zero-order valence-corrected chi connectivity index (χ0v) is 23.5. The van der Waals surface area contributed by atoms with Crippen molar-refractivity contribution in [2.75, 3.05) is 0 Å². The predicted octanol–water partition coefficient (Wildman–Crippen LogP) is 6.16. The summed E-state index contributed by atoms with van der Waals surface area (Å²) in [7, 11) is 0. The van der Waals surface area contributed by atoms with E-state index in [9.17, 15) is 19.6 Å². The number of amides is 1.